The van der Waals surface area contributed by atoms with E-state index >= 15 is 0 Å². The molecule has 3 nitrogen and oxygen atoms in total. The lowest BCUT2D eigenvalue weighted by molar-refractivity contribution is 0.0839. The lowest BCUT2D eigenvalue weighted by Gasteiger charge is -2.41. The predicted octanol–water partition coefficient (Wildman–Crippen LogP) is 1.30. The maximum Gasteiger partial charge on any atom is 0.320 e. The Kier molecular flexibility index (Phi) is 1.41. The molecule has 1 aliphatic carbocycles. The molecule has 1 spiro atoms. The summed E-state index contributed by atoms with van der Waals surface area (Å²) in [5, 5.41) is 0. The van der Waals surface area contributed by atoms with Crippen molar-refractivity contribution < 1.29 is 4.79 Å². The maximum atomic E-state index is 11.8. The fourth-order valence-electron chi connectivity index (χ4n) is 2.50. The Balaban J connectivity index is 1.57. The van der Waals surface area contributed by atoms with Gasteiger partial charge in [0.2, 0.25) is 0 Å². The Morgan fingerprint density at radius 2 is 1.62 bits per heavy atom. The molecule has 72 valence electrons. The van der Waals surface area contributed by atoms with Crippen LogP contribution in [0.2, 0.25) is 0 Å². The van der Waals surface area contributed by atoms with Crippen molar-refractivity contribution in [3.63, 3.8) is 0 Å². The van der Waals surface area contributed by atoms with Crippen molar-refractivity contribution in [2.45, 2.75) is 25.7 Å². The molecule has 0 radical (unpaired) electrons. The van der Waals surface area contributed by atoms with Crippen molar-refractivity contribution in [1.82, 2.24) is 9.80 Å². The quantitative estimate of drug-likeness (QED) is 0.551. The Bertz CT molecular complexity index is 233. The molecule has 0 N–H and O–H groups in total. The number of urea groups is 1. The maximum absolute atomic E-state index is 11.8. The van der Waals surface area contributed by atoms with Crippen LogP contribution in [0.5, 0.6) is 0 Å². The van der Waals surface area contributed by atoms with E-state index in [9.17, 15) is 4.79 Å². The molecule has 13 heavy (non-hydrogen) atoms. The van der Waals surface area contributed by atoms with Gasteiger partial charge in [-0.1, -0.05) is 0 Å². The highest BCUT2D eigenvalue weighted by Crippen LogP contribution is 2.53. The summed E-state index contributed by atoms with van der Waals surface area (Å²) in [5.41, 5.74) is 0.607. The van der Waals surface area contributed by atoms with Crippen LogP contribution in [0.1, 0.15) is 25.7 Å². The summed E-state index contributed by atoms with van der Waals surface area (Å²) in [4.78, 5) is 15.8. The minimum atomic E-state index is 0.301. The average molecular weight is 180 g/mol. The lowest BCUT2D eigenvalue weighted by Crippen LogP contribution is -2.55. The summed E-state index contributed by atoms with van der Waals surface area (Å²) in [5.74, 6) is 0. The van der Waals surface area contributed by atoms with Gasteiger partial charge in [-0.3, -0.25) is 0 Å². The fraction of sp³-hybridized carbons (Fsp3) is 0.900. The van der Waals surface area contributed by atoms with Crippen LogP contribution in [0.25, 0.3) is 0 Å². The highest BCUT2D eigenvalue weighted by atomic mass is 16.2. The molecule has 1 saturated carbocycles. The summed E-state index contributed by atoms with van der Waals surface area (Å²) in [6.45, 7) is 4.06. The zero-order valence-electron chi connectivity index (χ0n) is 7.96. The third-order valence-electron chi connectivity index (χ3n) is 3.66. The van der Waals surface area contributed by atoms with Crippen molar-refractivity contribution in [1.29, 1.82) is 0 Å². The molecule has 0 unspecified atom stereocenters. The van der Waals surface area contributed by atoms with Crippen molar-refractivity contribution in [2.24, 2.45) is 5.41 Å². The first-order valence-corrected chi connectivity index (χ1v) is 5.33. The summed E-state index contributed by atoms with van der Waals surface area (Å²) in [6.07, 6.45) is 5.11. The number of carbonyl (C=O) groups is 1. The molecule has 2 saturated heterocycles. The first-order valence-electron chi connectivity index (χ1n) is 5.33. The van der Waals surface area contributed by atoms with E-state index in [0.717, 1.165) is 26.2 Å². The second-order valence-corrected chi connectivity index (χ2v) is 4.83. The molecule has 3 fully saturated rings. The van der Waals surface area contributed by atoms with Crippen LogP contribution in [0, 0.1) is 5.41 Å². The van der Waals surface area contributed by atoms with Crippen LogP contribution in [-0.2, 0) is 0 Å². The van der Waals surface area contributed by atoms with Gasteiger partial charge in [-0.2, -0.15) is 0 Å². The topological polar surface area (TPSA) is 23.6 Å². The SMILES string of the molecule is O=C(N1CCCC1)N1CC2(CC2)C1. The first kappa shape index (κ1) is 7.65. The van der Waals surface area contributed by atoms with Gasteiger partial charge in [-0.25, -0.2) is 4.79 Å². The minimum Gasteiger partial charge on any atom is -0.325 e. The average Bonchev–Trinajstić information content (AvgIpc) is 2.68. The van der Waals surface area contributed by atoms with Gasteiger partial charge in [0.05, 0.1) is 0 Å². The molecule has 0 bridgehead atoms. The van der Waals surface area contributed by atoms with Crippen LogP contribution in [0.15, 0.2) is 0 Å². The zero-order chi connectivity index (χ0) is 8.89. The van der Waals surface area contributed by atoms with Crippen molar-refractivity contribution in [3.8, 4) is 0 Å². The summed E-state index contributed by atoms with van der Waals surface area (Å²) in [6, 6.07) is 0.301. The minimum absolute atomic E-state index is 0.301. The molecule has 3 rings (SSSR count). The fourth-order valence-corrected chi connectivity index (χ4v) is 2.50. The molecule has 0 atom stereocenters. The second-order valence-electron chi connectivity index (χ2n) is 4.83. The van der Waals surface area contributed by atoms with Crippen LogP contribution in [0.3, 0.4) is 0 Å². The number of hydrogen-bond acceptors (Lipinski definition) is 1. The third kappa shape index (κ3) is 1.13. The molecule has 3 aliphatic rings. The molecular weight excluding hydrogens is 164 g/mol. The Hall–Kier alpha value is -0.730. The standard InChI is InChI=1S/C10H16N2O/c13-9(11-5-1-2-6-11)12-7-10(8-12)3-4-10/h1-8H2. The van der Waals surface area contributed by atoms with Gasteiger partial charge < -0.3 is 9.80 Å². The molecule has 2 heterocycles. The van der Waals surface area contributed by atoms with Gasteiger partial charge in [0.15, 0.2) is 0 Å². The van der Waals surface area contributed by atoms with E-state index in [-0.39, 0.29) is 0 Å². The van der Waals surface area contributed by atoms with Gasteiger partial charge in [-0.05, 0) is 25.7 Å². The van der Waals surface area contributed by atoms with Crippen molar-refractivity contribution in [2.75, 3.05) is 26.2 Å². The Labute approximate surface area is 78.7 Å². The van der Waals surface area contributed by atoms with E-state index in [1.807, 2.05) is 9.80 Å². The highest BCUT2D eigenvalue weighted by molar-refractivity contribution is 5.76. The largest absolute Gasteiger partial charge is 0.325 e. The number of nitrogens with zero attached hydrogens (tertiary/aromatic N) is 2. The molecular formula is C10H16N2O. The third-order valence-corrected chi connectivity index (χ3v) is 3.66. The van der Waals surface area contributed by atoms with E-state index in [4.69, 9.17) is 0 Å². The van der Waals surface area contributed by atoms with Gasteiger partial charge in [0, 0.05) is 31.6 Å². The molecule has 0 aromatic rings. The molecule has 2 aliphatic heterocycles. The van der Waals surface area contributed by atoms with E-state index in [1.165, 1.54) is 25.7 Å². The molecule has 0 aromatic heterocycles. The molecule has 2 amide bonds. The van der Waals surface area contributed by atoms with E-state index in [0.29, 0.717) is 11.4 Å². The van der Waals surface area contributed by atoms with Crippen LogP contribution >= 0.6 is 0 Å². The smallest absolute Gasteiger partial charge is 0.320 e. The van der Waals surface area contributed by atoms with Crippen molar-refractivity contribution in [3.05, 3.63) is 0 Å². The second kappa shape index (κ2) is 2.40. The van der Waals surface area contributed by atoms with Crippen LogP contribution in [-0.4, -0.2) is 42.0 Å². The number of rotatable bonds is 0. The molecule has 3 heteroatoms. The Morgan fingerprint density at radius 3 is 2.15 bits per heavy atom. The monoisotopic (exact) mass is 180 g/mol. The zero-order valence-corrected chi connectivity index (χ0v) is 7.96. The van der Waals surface area contributed by atoms with Gasteiger partial charge >= 0.3 is 6.03 Å². The van der Waals surface area contributed by atoms with Gasteiger partial charge in [0.25, 0.3) is 0 Å². The number of hydrogen-bond donors (Lipinski definition) is 0. The van der Waals surface area contributed by atoms with Crippen molar-refractivity contribution >= 4 is 6.03 Å². The summed E-state index contributed by atoms with van der Waals surface area (Å²) < 4.78 is 0. The van der Waals surface area contributed by atoms with Gasteiger partial charge in [0.1, 0.15) is 0 Å². The molecule has 0 aromatic carbocycles. The summed E-state index contributed by atoms with van der Waals surface area (Å²) >= 11 is 0. The van der Waals surface area contributed by atoms with Crippen LogP contribution in [0.4, 0.5) is 4.79 Å². The number of likely N-dealkylation sites (tertiary alicyclic amines) is 2. The highest BCUT2D eigenvalue weighted by Gasteiger charge is 2.54. The van der Waals surface area contributed by atoms with E-state index in [2.05, 4.69) is 0 Å². The van der Waals surface area contributed by atoms with E-state index in [1.54, 1.807) is 0 Å². The Morgan fingerprint density at radius 1 is 1.00 bits per heavy atom. The number of carbonyl (C=O) groups excluding carboxylic acids is 1. The summed E-state index contributed by atoms with van der Waals surface area (Å²) in [7, 11) is 0. The van der Waals surface area contributed by atoms with E-state index < -0.39 is 0 Å². The first-order chi connectivity index (χ1) is 6.29. The normalized spacial score (nSPS) is 29.2. The predicted molar refractivity (Wildman–Crippen MR) is 49.4 cm³/mol. The van der Waals surface area contributed by atoms with Crippen LogP contribution < -0.4 is 0 Å². The van der Waals surface area contributed by atoms with Gasteiger partial charge in [-0.15, -0.1) is 0 Å². The number of amides is 2. The lowest BCUT2D eigenvalue weighted by atomic mass is 9.98.